The van der Waals surface area contributed by atoms with E-state index in [-0.39, 0.29) is 6.29 Å². The van der Waals surface area contributed by atoms with Gasteiger partial charge in [-0.2, -0.15) is 0 Å². The minimum absolute atomic E-state index is 0.200. The first-order valence-electron chi connectivity index (χ1n) is 7.14. The topological polar surface area (TPSA) is 35.6 Å². The van der Waals surface area contributed by atoms with Crippen molar-refractivity contribution in [2.45, 2.75) is 44.8 Å². The van der Waals surface area contributed by atoms with Crippen molar-refractivity contribution in [1.82, 2.24) is 15.1 Å². The zero-order chi connectivity index (χ0) is 11.7. The van der Waals surface area contributed by atoms with Crippen LogP contribution in [0.1, 0.15) is 38.5 Å². The Labute approximate surface area is 103 Å². The van der Waals surface area contributed by atoms with E-state index in [0.29, 0.717) is 11.8 Å². The number of amides is 1. The van der Waals surface area contributed by atoms with E-state index in [1.54, 1.807) is 0 Å². The Morgan fingerprint density at radius 3 is 2.41 bits per heavy atom. The Bertz CT molecular complexity index is 282. The summed E-state index contributed by atoms with van der Waals surface area (Å²) in [6.07, 6.45) is 7.47. The van der Waals surface area contributed by atoms with Crippen LogP contribution in [-0.2, 0) is 4.79 Å². The van der Waals surface area contributed by atoms with E-state index >= 15 is 0 Å². The van der Waals surface area contributed by atoms with Gasteiger partial charge >= 0.3 is 0 Å². The molecule has 1 saturated carbocycles. The molecule has 0 aromatic heterocycles. The van der Waals surface area contributed by atoms with Gasteiger partial charge in [-0.05, 0) is 25.7 Å². The van der Waals surface area contributed by atoms with Crippen LogP contribution in [0.5, 0.6) is 0 Å². The first-order chi connectivity index (χ1) is 8.36. The largest absolute Gasteiger partial charge is 0.312 e. The predicted molar refractivity (Wildman–Crippen MR) is 66.3 cm³/mol. The molecular formula is C13H23N3O. The molecule has 0 aromatic carbocycles. The van der Waals surface area contributed by atoms with Gasteiger partial charge in [0.2, 0.25) is 5.91 Å². The molecule has 1 N–H and O–H groups in total. The summed E-state index contributed by atoms with van der Waals surface area (Å²) < 4.78 is 0. The second-order valence-electron chi connectivity index (χ2n) is 5.58. The van der Waals surface area contributed by atoms with E-state index in [4.69, 9.17) is 0 Å². The van der Waals surface area contributed by atoms with Gasteiger partial charge in [0, 0.05) is 32.1 Å². The molecule has 2 saturated heterocycles. The smallest absolute Gasteiger partial charge is 0.228 e. The summed E-state index contributed by atoms with van der Waals surface area (Å²) in [5.74, 6) is 0.726. The van der Waals surface area contributed by atoms with E-state index in [1.165, 1.54) is 25.7 Å². The maximum atomic E-state index is 12.5. The molecule has 96 valence electrons. The summed E-state index contributed by atoms with van der Waals surface area (Å²) in [5, 5.41) is 3.48. The van der Waals surface area contributed by atoms with Crippen molar-refractivity contribution in [3.8, 4) is 0 Å². The van der Waals surface area contributed by atoms with E-state index in [9.17, 15) is 4.79 Å². The second-order valence-corrected chi connectivity index (χ2v) is 5.58. The van der Waals surface area contributed by atoms with E-state index in [2.05, 4.69) is 15.1 Å². The van der Waals surface area contributed by atoms with E-state index in [0.717, 1.165) is 39.0 Å². The fourth-order valence-corrected chi connectivity index (χ4v) is 3.50. The summed E-state index contributed by atoms with van der Waals surface area (Å²) in [7, 11) is 0. The SMILES string of the molecule is O=C(C1CCCC1)N1CCNC1N1CCCC1. The number of nitrogens with zero attached hydrogens (tertiary/aromatic N) is 2. The molecule has 3 aliphatic rings. The lowest BCUT2D eigenvalue weighted by atomic mass is 10.1. The third kappa shape index (κ3) is 2.20. The number of carbonyl (C=O) groups is 1. The zero-order valence-corrected chi connectivity index (χ0v) is 10.5. The van der Waals surface area contributed by atoms with Crippen molar-refractivity contribution >= 4 is 5.91 Å². The molecule has 1 atom stereocenters. The molecule has 1 amide bonds. The molecular weight excluding hydrogens is 214 g/mol. The quantitative estimate of drug-likeness (QED) is 0.778. The van der Waals surface area contributed by atoms with Crippen LogP contribution in [0.2, 0.25) is 0 Å². The van der Waals surface area contributed by atoms with Crippen LogP contribution in [0.4, 0.5) is 0 Å². The van der Waals surface area contributed by atoms with Gasteiger partial charge in [-0.25, -0.2) is 0 Å². The maximum Gasteiger partial charge on any atom is 0.228 e. The summed E-state index contributed by atoms with van der Waals surface area (Å²) >= 11 is 0. The van der Waals surface area contributed by atoms with Crippen LogP contribution >= 0.6 is 0 Å². The first-order valence-corrected chi connectivity index (χ1v) is 7.14. The predicted octanol–water partition coefficient (Wildman–Crippen LogP) is 0.988. The van der Waals surface area contributed by atoms with Crippen molar-refractivity contribution in [3.63, 3.8) is 0 Å². The highest BCUT2D eigenvalue weighted by molar-refractivity contribution is 5.79. The summed E-state index contributed by atoms with van der Waals surface area (Å²) in [6.45, 7) is 4.15. The van der Waals surface area contributed by atoms with Crippen molar-refractivity contribution in [3.05, 3.63) is 0 Å². The average molecular weight is 237 g/mol. The molecule has 17 heavy (non-hydrogen) atoms. The molecule has 0 radical (unpaired) electrons. The van der Waals surface area contributed by atoms with E-state index in [1.807, 2.05) is 0 Å². The van der Waals surface area contributed by atoms with Crippen molar-refractivity contribution < 1.29 is 4.79 Å². The van der Waals surface area contributed by atoms with Crippen molar-refractivity contribution in [1.29, 1.82) is 0 Å². The van der Waals surface area contributed by atoms with Crippen LogP contribution in [0.25, 0.3) is 0 Å². The number of hydrogen-bond acceptors (Lipinski definition) is 3. The number of carbonyl (C=O) groups excluding carboxylic acids is 1. The van der Waals surface area contributed by atoms with Crippen LogP contribution < -0.4 is 5.32 Å². The zero-order valence-electron chi connectivity index (χ0n) is 10.5. The number of likely N-dealkylation sites (tertiary alicyclic amines) is 1. The van der Waals surface area contributed by atoms with Gasteiger partial charge in [0.15, 0.2) is 0 Å². The van der Waals surface area contributed by atoms with Gasteiger partial charge in [-0.15, -0.1) is 0 Å². The fraction of sp³-hybridized carbons (Fsp3) is 0.923. The summed E-state index contributed by atoms with van der Waals surface area (Å²) in [5.41, 5.74) is 0. The average Bonchev–Trinajstić information content (AvgIpc) is 3.09. The standard InChI is InChI=1S/C13H23N3O/c17-12(11-5-1-2-6-11)16-10-7-14-13(16)15-8-3-4-9-15/h11,13-14H,1-10H2. The molecule has 2 aliphatic heterocycles. The molecule has 2 heterocycles. The molecule has 4 nitrogen and oxygen atoms in total. The minimum atomic E-state index is 0.200. The first kappa shape index (κ1) is 11.5. The highest BCUT2D eigenvalue weighted by atomic mass is 16.2. The molecule has 1 aliphatic carbocycles. The summed E-state index contributed by atoms with van der Waals surface area (Å²) in [6, 6.07) is 0. The fourth-order valence-electron chi connectivity index (χ4n) is 3.50. The van der Waals surface area contributed by atoms with Gasteiger partial charge in [-0.3, -0.25) is 15.0 Å². The lowest BCUT2D eigenvalue weighted by Gasteiger charge is -2.33. The lowest BCUT2D eigenvalue weighted by Crippen LogP contribution is -2.52. The third-order valence-electron chi connectivity index (χ3n) is 4.45. The number of rotatable bonds is 2. The Morgan fingerprint density at radius 2 is 1.71 bits per heavy atom. The second kappa shape index (κ2) is 4.94. The van der Waals surface area contributed by atoms with Crippen molar-refractivity contribution in [2.24, 2.45) is 5.92 Å². The van der Waals surface area contributed by atoms with Crippen LogP contribution in [0.15, 0.2) is 0 Å². The molecule has 0 bridgehead atoms. The summed E-state index contributed by atoms with van der Waals surface area (Å²) in [4.78, 5) is 17.0. The molecule has 3 fully saturated rings. The molecule has 1 unspecified atom stereocenters. The Kier molecular flexibility index (Phi) is 3.34. The van der Waals surface area contributed by atoms with Gasteiger partial charge in [-0.1, -0.05) is 12.8 Å². The monoisotopic (exact) mass is 237 g/mol. The molecule has 0 aromatic rings. The Morgan fingerprint density at radius 1 is 1.00 bits per heavy atom. The van der Waals surface area contributed by atoms with Gasteiger partial charge in [0.1, 0.15) is 6.29 Å². The highest BCUT2D eigenvalue weighted by Gasteiger charge is 2.37. The highest BCUT2D eigenvalue weighted by Crippen LogP contribution is 2.28. The third-order valence-corrected chi connectivity index (χ3v) is 4.45. The van der Waals surface area contributed by atoms with Crippen LogP contribution in [-0.4, -0.2) is 48.2 Å². The van der Waals surface area contributed by atoms with Gasteiger partial charge < -0.3 is 4.90 Å². The molecule has 4 heteroatoms. The maximum absolute atomic E-state index is 12.5. The molecule has 0 spiro atoms. The van der Waals surface area contributed by atoms with Crippen LogP contribution in [0, 0.1) is 5.92 Å². The number of nitrogens with one attached hydrogen (secondary N) is 1. The Balaban J connectivity index is 1.65. The molecule has 3 rings (SSSR count). The normalized spacial score (nSPS) is 31.5. The Hall–Kier alpha value is -0.610. The van der Waals surface area contributed by atoms with Crippen LogP contribution in [0.3, 0.4) is 0 Å². The lowest BCUT2D eigenvalue weighted by molar-refractivity contribution is -0.139. The van der Waals surface area contributed by atoms with Gasteiger partial charge in [0.25, 0.3) is 0 Å². The van der Waals surface area contributed by atoms with Gasteiger partial charge in [0.05, 0.1) is 0 Å². The van der Waals surface area contributed by atoms with Crippen molar-refractivity contribution in [2.75, 3.05) is 26.2 Å². The number of hydrogen-bond donors (Lipinski definition) is 1. The van der Waals surface area contributed by atoms with E-state index < -0.39 is 0 Å². The minimum Gasteiger partial charge on any atom is -0.312 e.